The van der Waals surface area contributed by atoms with E-state index in [1.165, 1.54) is 15.1 Å². The van der Waals surface area contributed by atoms with Gasteiger partial charge in [-0.3, -0.25) is 4.79 Å². The molecule has 0 spiro atoms. The summed E-state index contributed by atoms with van der Waals surface area (Å²) in [5, 5.41) is 6.40. The van der Waals surface area contributed by atoms with Crippen LogP contribution in [0, 0.1) is 0 Å². The van der Waals surface area contributed by atoms with Gasteiger partial charge in [0.15, 0.2) is 0 Å². The molecule has 2 aromatic heterocycles. The van der Waals surface area contributed by atoms with E-state index in [9.17, 15) is 4.79 Å². The summed E-state index contributed by atoms with van der Waals surface area (Å²) in [5.74, 6) is 0. The average molecular weight is 282 g/mol. The molecule has 0 amide bonds. The Bertz CT molecular complexity index is 649. The van der Waals surface area contributed by atoms with Crippen LogP contribution < -0.4 is 10.5 Å². The summed E-state index contributed by atoms with van der Waals surface area (Å²) in [6.45, 7) is 1.68. The Hall–Kier alpha value is -1.33. The first-order valence-electron chi connectivity index (χ1n) is 5.69. The molecule has 4 nitrogen and oxygen atoms in total. The molecule has 0 saturated heterocycles. The number of thiophene rings is 1. The van der Waals surface area contributed by atoms with E-state index in [0.717, 1.165) is 25.2 Å². The van der Waals surface area contributed by atoms with Crippen molar-refractivity contribution in [3.63, 3.8) is 0 Å². The first kappa shape index (κ1) is 11.7. The molecule has 18 heavy (non-hydrogen) atoms. The van der Waals surface area contributed by atoms with Crippen molar-refractivity contribution in [3.05, 3.63) is 43.5 Å². The molecule has 1 aliphatic heterocycles. The van der Waals surface area contributed by atoms with E-state index < -0.39 is 0 Å². The summed E-state index contributed by atoms with van der Waals surface area (Å²) in [6.07, 6.45) is 2.67. The monoisotopic (exact) mass is 281 g/mol. The van der Waals surface area contributed by atoms with Crippen LogP contribution in [-0.4, -0.2) is 16.3 Å². The van der Waals surface area contributed by atoms with Crippen LogP contribution in [0.5, 0.6) is 0 Å². The van der Waals surface area contributed by atoms with Crippen molar-refractivity contribution >= 4 is 28.6 Å². The van der Waals surface area contributed by atoms with Gasteiger partial charge < -0.3 is 4.90 Å². The summed E-state index contributed by atoms with van der Waals surface area (Å²) in [6, 6.07) is 2.13. The fourth-order valence-corrected chi connectivity index (χ4v) is 3.36. The third-order valence-electron chi connectivity index (χ3n) is 3.21. The molecular weight excluding hydrogens is 270 g/mol. The molecule has 0 unspecified atom stereocenters. The zero-order valence-electron chi connectivity index (χ0n) is 9.89. The maximum absolute atomic E-state index is 11.8. The summed E-state index contributed by atoms with van der Waals surface area (Å²) in [5.41, 5.74) is 1.81. The molecule has 0 N–H and O–H groups in total. The third-order valence-corrected chi connectivity index (χ3v) is 4.59. The Morgan fingerprint density at radius 3 is 3.17 bits per heavy atom. The van der Waals surface area contributed by atoms with Gasteiger partial charge in [0.25, 0.3) is 5.56 Å². The van der Waals surface area contributed by atoms with Gasteiger partial charge in [-0.25, -0.2) is 4.68 Å². The Morgan fingerprint density at radius 1 is 1.50 bits per heavy atom. The number of aryl methyl sites for hydroxylation is 1. The Kier molecular flexibility index (Phi) is 2.87. The normalized spacial score (nSPS) is 14.7. The van der Waals surface area contributed by atoms with E-state index in [1.54, 1.807) is 24.6 Å². The molecule has 94 valence electrons. The highest BCUT2D eigenvalue weighted by Gasteiger charge is 2.20. The fourth-order valence-electron chi connectivity index (χ4n) is 2.18. The van der Waals surface area contributed by atoms with Crippen molar-refractivity contribution < 1.29 is 0 Å². The number of halogens is 1. The standard InChI is InChI=1S/C12H12ClN3OS/c1-15-12(17)11(13)9(6-14-15)16-4-2-10-8(7-16)3-5-18-10/h3,5-6H,2,4,7H2,1H3. The summed E-state index contributed by atoms with van der Waals surface area (Å²) >= 11 is 7.91. The summed E-state index contributed by atoms with van der Waals surface area (Å²) < 4.78 is 1.26. The predicted octanol–water partition coefficient (Wildman–Crippen LogP) is 2.06. The Balaban J connectivity index is 1.98. The molecular formula is C12H12ClN3OS. The largest absolute Gasteiger partial charge is 0.364 e. The lowest BCUT2D eigenvalue weighted by Gasteiger charge is -2.29. The smallest absolute Gasteiger partial charge is 0.287 e. The first-order chi connectivity index (χ1) is 8.66. The zero-order valence-corrected chi connectivity index (χ0v) is 11.5. The van der Waals surface area contributed by atoms with E-state index in [4.69, 9.17) is 11.6 Å². The van der Waals surface area contributed by atoms with E-state index in [1.807, 2.05) is 0 Å². The minimum absolute atomic E-state index is 0.245. The molecule has 0 radical (unpaired) electrons. The highest BCUT2D eigenvalue weighted by molar-refractivity contribution is 7.10. The number of fused-ring (bicyclic) bond motifs is 1. The third kappa shape index (κ3) is 1.83. The van der Waals surface area contributed by atoms with Crippen LogP contribution >= 0.6 is 22.9 Å². The number of nitrogens with zero attached hydrogens (tertiary/aromatic N) is 3. The second-order valence-corrected chi connectivity index (χ2v) is 5.69. The number of aromatic nitrogens is 2. The SMILES string of the molecule is Cn1ncc(N2CCc3sccc3C2)c(Cl)c1=O. The lowest BCUT2D eigenvalue weighted by Crippen LogP contribution is -2.32. The van der Waals surface area contributed by atoms with E-state index in [2.05, 4.69) is 21.4 Å². The highest BCUT2D eigenvalue weighted by atomic mass is 35.5. The number of hydrogen-bond donors (Lipinski definition) is 0. The van der Waals surface area contributed by atoms with Crippen LogP contribution in [0.1, 0.15) is 10.4 Å². The number of anilines is 1. The number of rotatable bonds is 1. The van der Waals surface area contributed by atoms with Crippen LogP contribution in [-0.2, 0) is 20.0 Å². The van der Waals surface area contributed by atoms with Gasteiger partial charge in [-0.2, -0.15) is 5.10 Å². The van der Waals surface area contributed by atoms with Crippen LogP contribution in [0.4, 0.5) is 5.69 Å². The van der Waals surface area contributed by atoms with Gasteiger partial charge in [-0.15, -0.1) is 11.3 Å². The lowest BCUT2D eigenvalue weighted by molar-refractivity contribution is 0.689. The molecule has 3 rings (SSSR count). The molecule has 2 aromatic rings. The van der Waals surface area contributed by atoms with Crippen LogP contribution in [0.3, 0.4) is 0 Å². The van der Waals surface area contributed by atoms with Gasteiger partial charge in [-0.1, -0.05) is 11.6 Å². The molecule has 0 bridgehead atoms. The van der Waals surface area contributed by atoms with Gasteiger partial charge in [0, 0.05) is 25.0 Å². The van der Waals surface area contributed by atoms with E-state index in [0.29, 0.717) is 0 Å². The van der Waals surface area contributed by atoms with Gasteiger partial charge in [0.2, 0.25) is 0 Å². The predicted molar refractivity (Wildman–Crippen MR) is 73.6 cm³/mol. The van der Waals surface area contributed by atoms with Crippen LogP contribution in [0.15, 0.2) is 22.4 Å². The van der Waals surface area contributed by atoms with Crippen LogP contribution in [0.25, 0.3) is 0 Å². The molecule has 6 heteroatoms. The highest BCUT2D eigenvalue weighted by Crippen LogP contribution is 2.29. The molecule has 1 aliphatic rings. The quantitative estimate of drug-likeness (QED) is 0.803. The Morgan fingerprint density at radius 2 is 2.33 bits per heavy atom. The van der Waals surface area contributed by atoms with Gasteiger partial charge in [0.1, 0.15) is 5.02 Å². The van der Waals surface area contributed by atoms with Crippen molar-refractivity contribution in [2.75, 3.05) is 11.4 Å². The minimum Gasteiger partial charge on any atom is -0.364 e. The average Bonchev–Trinajstić information content (AvgIpc) is 2.83. The molecule has 3 heterocycles. The second kappa shape index (κ2) is 4.40. The van der Waals surface area contributed by atoms with Gasteiger partial charge in [0.05, 0.1) is 11.9 Å². The minimum atomic E-state index is -0.245. The maximum Gasteiger partial charge on any atom is 0.287 e. The topological polar surface area (TPSA) is 38.1 Å². The van der Waals surface area contributed by atoms with E-state index >= 15 is 0 Å². The van der Waals surface area contributed by atoms with Gasteiger partial charge >= 0.3 is 0 Å². The summed E-state index contributed by atoms with van der Waals surface area (Å²) in [7, 11) is 1.60. The molecule has 0 atom stereocenters. The van der Waals surface area contributed by atoms with Crippen molar-refractivity contribution in [1.82, 2.24) is 9.78 Å². The number of hydrogen-bond acceptors (Lipinski definition) is 4. The van der Waals surface area contributed by atoms with Crippen LogP contribution in [0.2, 0.25) is 5.02 Å². The first-order valence-corrected chi connectivity index (χ1v) is 6.94. The fraction of sp³-hybridized carbons (Fsp3) is 0.333. The molecule has 0 saturated carbocycles. The van der Waals surface area contributed by atoms with Gasteiger partial charge in [-0.05, 0) is 23.4 Å². The molecule has 0 aromatic carbocycles. The Labute approximate surface area is 113 Å². The zero-order chi connectivity index (χ0) is 12.7. The van der Waals surface area contributed by atoms with E-state index in [-0.39, 0.29) is 10.6 Å². The summed E-state index contributed by atoms with van der Waals surface area (Å²) in [4.78, 5) is 15.3. The van der Waals surface area contributed by atoms with Crippen molar-refractivity contribution in [1.29, 1.82) is 0 Å². The molecule has 0 fully saturated rings. The second-order valence-electron chi connectivity index (χ2n) is 4.31. The van der Waals surface area contributed by atoms with Crippen molar-refractivity contribution in [2.24, 2.45) is 7.05 Å². The van der Waals surface area contributed by atoms with Crippen molar-refractivity contribution in [2.45, 2.75) is 13.0 Å². The molecule has 0 aliphatic carbocycles. The maximum atomic E-state index is 11.8. The van der Waals surface area contributed by atoms with Crippen molar-refractivity contribution in [3.8, 4) is 0 Å². The lowest BCUT2D eigenvalue weighted by atomic mass is 10.1.